The minimum absolute atomic E-state index is 0.0578. The largest absolute Gasteiger partial charge is 0.486 e. The van der Waals surface area contributed by atoms with Gasteiger partial charge in [-0.05, 0) is 43.6 Å². The summed E-state index contributed by atoms with van der Waals surface area (Å²) in [6.07, 6.45) is 2.18. The fourth-order valence-electron chi connectivity index (χ4n) is 2.01. The van der Waals surface area contributed by atoms with Gasteiger partial charge in [-0.1, -0.05) is 6.07 Å². The van der Waals surface area contributed by atoms with Gasteiger partial charge in [-0.25, -0.2) is 0 Å². The molecule has 1 saturated carbocycles. The van der Waals surface area contributed by atoms with E-state index in [1.54, 1.807) is 6.07 Å². The predicted molar refractivity (Wildman–Crippen MR) is 73.6 cm³/mol. The monoisotopic (exact) mass is 267 g/mol. The SMILES string of the molecule is Cc1cc(C)c(OCC2(CS)CC2)c([N+](=O)[O-])c1. The van der Waals surface area contributed by atoms with Crippen molar-refractivity contribution in [1.29, 1.82) is 0 Å². The van der Waals surface area contributed by atoms with Crippen molar-refractivity contribution < 1.29 is 9.66 Å². The average Bonchev–Trinajstić information content (AvgIpc) is 3.07. The van der Waals surface area contributed by atoms with Gasteiger partial charge in [0.25, 0.3) is 0 Å². The molecule has 0 aromatic heterocycles. The first-order valence-electron chi connectivity index (χ1n) is 5.97. The second-order valence-electron chi connectivity index (χ2n) is 5.13. The summed E-state index contributed by atoms with van der Waals surface area (Å²) in [6, 6.07) is 3.46. The van der Waals surface area contributed by atoms with E-state index in [4.69, 9.17) is 4.74 Å². The van der Waals surface area contributed by atoms with Gasteiger partial charge in [-0.2, -0.15) is 12.6 Å². The molecule has 1 aromatic carbocycles. The Bertz CT molecular complexity index is 483. The Balaban J connectivity index is 2.23. The molecule has 1 aromatic rings. The van der Waals surface area contributed by atoms with Gasteiger partial charge in [0.05, 0.1) is 11.5 Å². The van der Waals surface area contributed by atoms with Crippen LogP contribution in [0.5, 0.6) is 5.75 Å². The molecule has 0 atom stereocenters. The molecule has 18 heavy (non-hydrogen) atoms. The number of nitro benzene ring substituents is 1. The number of hydrogen-bond acceptors (Lipinski definition) is 4. The Morgan fingerprint density at radius 1 is 1.44 bits per heavy atom. The molecule has 0 heterocycles. The Morgan fingerprint density at radius 2 is 2.11 bits per heavy atom. The molecule has 0 N–H and O–H groups in total. The summed E-state index contributed by atoms with van der Waals surface area (Å²) < 4.78 is 5.71. The molecule has 5 heteroatoms. The van der Waals surface area contributed by atoms with Crippen LogP contribution in [0.25, 0.3) is 0 Å². The van der Waals surface area contributed by atoms with Crippen LogP contribution in [0.4, 0.5) is 5.69 Å². The highest BCUT2D eigenvalue weighted by Crippen LogP contribution is 2.47. The maximum Gasteiger partial charge on any atom is 0.311 e. The zero-order valence-corrected chi connectivity index (χ0v) is 11.5. The van der Waals surface area contributed by atoms with Gasteiger partial charge in [0.2, 0.25) is 0 Å². The van der Waals surface area contributed by atoms with Crippen LogP contribution < -0.4 is 4.74 Å². The predicted octanol–water partition coefficient (Wildman–Crippen LogP) is 3.30. The van der Waals surface area contributed by atoms with Gasteiger partial charge in [-0.3, -0.25) is 10.1 Å². The van der Waals surface area contributed by atoms with E-state index < -0.39 is 0 Å². The molecule has 0 bridgehead atoms. The van der Waals surface area contributed by atoms with Crippen LogP contribution in [-0.2, 0) is 0 Å². The topological polar surface area (TPSA) is 52.4 Å². The second kappa shape index (κ2) is 4.80. The van der Waals surface area contributed by atoms with Crippen molar-refractivity contribution in [2.45, 2.75) is 26.7 Å². The van der Waals surface area contributed by atoms with Crippen LogP contribution in [-0.4, -0.2) is 17.3 Å². The quantitative estimate of drug-likeness (QED) is 0.506. The number of ether oxygens (including phenoxy) is 1. The van der Waals surface area contributed by atoms with Gasteiger partial charge in [0, 0.05) is 11.5 Å². The molecule has 1 aliphatic rings. The third-order valence-corrected chi connectivity index (χ3v) is 4.08. The normalized spacial score (nSPS) is 16.4. The lowest BCUT2D eigenvalue weighted by Gasteiger charge is -2.15. The number of thiol groups is 1. The number of nitro groups is 1. The van der Waals surface area contributed by atoms with E-state index in [1.807, 2.05) is 19.9 Å². The number of hydrogen-bond donors (Lipinski definition) is 1. The van der Waals surface area contributed by atoms with Crippen molar-refractivity contribution in [3.05, 3.63) is 33.4 Å². The average molecular weight is 267 g/mol. The van der Waals surface area contributed by atoms with E-state index in [-0.39, 0.29) is 16.0 Å². The first kappa shape index (κ1) is 13.2. The highest BCUT2D eigenvalue weighted by molar-refractivity contribution is 7.80. The summed E-state index contributed by atoms with van der Waals surface area (Å²) in [5.41, 5.74) is 1.88. The zero-order chi connectivity index (χ0) is 13.3. The molecule has 2 rings (SSSR count). The Morgan fingerprint density at radius 3 is 2.61 bits per heavy atom. The van der Waals surface area contributed by atoms with Gasteiger partial charge in [-0.15, -0.1) is 0 Å². The van der Waals surface area contributed by atoms with E-state index in [0.717, 1.165) is 29.7 Å². The Labute approximate surface area is 112 Å². The lowest BCUT2D eigenvalue weighted by molar-refractivity contribution is -0.386. The lowest BCUT2D eigenvalue weighted by atomic mass is 10.1. The maximum atomic E-state index is 11.0. The second-order valence-corrected chi connectivity index (χ2v) is 5.45. The van der Waals surface area contributed by atoms with Gasteiger partial charge in [0.1, 0.15) is 0 Å². The summed E-state index contributed by atoms with van der Waals surface area (Å²) in [6.45, 7) is 4.21. The van der Waals surface area contributed by atoms with Gasteiger partial charge < -0.3 is 4.74 Å². The maximum absolute atomic E-state index is 11.0. The van der Waals surface area contributed by atoms with Crippen LogP contribution in [0.3, 0.4) is 0 Å². The van der Waals surface area contributed by atoms with E-state index in [2.05, 4.69) is 12.6 Å². The molecule has 1 fully saturated rings. The van der Waals surface area contributed by atoms with Crippen molar-refractivity contribution >= 4 is 18.3 Å². The number of rotatable bonds is 5. The first-order valence-corrected chi connectivity index (χ1v) is 6.60. The molecule has 0 saturated heterocycles. The standard InChI is InChI=1S/C13H17NO3S/c1-9-5-10(2)12(11(6-9)14(15)16)17-7-13(8-18)3-4-13/h5-6,18H,3-4,7-8H2,1-2H3. The molecule has 0 spiro atoms. The molecule has 0 amide bonds. The molecular formula is C13H17NO3S. The van der Waals surface area contributed by atoms with Crippen LogP contribution in [0.15, 0.2) is 12.1 Å². The number of benzene rings is 1. The smallest absolute Gasteiger partial charge is 0.311 e. The van der Waals surface area contributed by atoms with Crippen molar-refractivity contribution in [2.24, 2.45) is 5.41 Å². The summed E-state index contributed by atoms with van der Waals surface area (Å²) in [5, 5.41) is 11.0. The molecule has 1 aliphatic carbocycles. The highest BCUT2D eigenvalue weighted by Gasteiger charge is 2.42. The molecule has 0 unspecified atom stereocenters. The first-order chi connectivity index (χ1) is 8.47. The minimum Gasteiger partial charge on any atom is -0.486 e. The molecular weight excluding hydrogens is 250 g/mol. The summed E-state index contributed by atoms with van der Waals surface area (Å²) in [7, 11) is 0. The Kier molecular flexibility index (Phi) is 3.52. The van der Waals surface area contributed by atoms with Crippen LogP contribution >= 0.6 is 12.6 Å². The van der Waals surface area contributed by atoms with Crippen molar-refractivity contribution in [3.8, 4) is 5.75 Å². The van der Waals surface area contributed by atoms with Crippen molar-refractivity contribution in [1.82, 2.24) is 0 Å². The molecule has 0 radical (unpaired) electrons. The summed E-state index contributed by atoms with van der Waals surface area (Å²) >= 11 is 4.30. The fraction of sp³-hybridized carbons (Fsp3) is 0.538. The summed E-state index contributed by atoms with van der Waals surface area (Å²) in [4.78, 5) is 10.7. The van der Waals surface area contributed by atoms with Gasteiger partial charge >= 0.3 is 5.69 Å². The fourth-order valence-corrected chi connectivity index (χ4v) is 2.41. The third-order valence-electron chi connectivity index (χ3n) is 3.41. The molecule has 98 valence electrons. The minimum atomic E-state index is -0.379. The van der Waals surface area contributed by atoms with Crippen molar-refractivity contribution in [2.75, 3.05) is 12.4 Å². The van der Waals surface area contributed by atoms with E-state index >= 15 is 0 Å². The lowest BCUT2D eigenvalue weighted by Crippen LogP contribution is -2.15. The Hall–Kier alpha value is -1.23. The van der Waals surface area contributed by atoms with E-state index in [0.29, 0.717) is 12.4 Å². The van der Waals surface area contributed by atoms with Crippen LogP contribution in [0, 0.1) is 29.4 Å². The third kappa shape index (κ3) is 2.61. The van der Waals surface area contributed by atoms with Crippen LogP contribution in [0.1, 0.15) is 24.0 Å². The number of aryl methyl sites for hydroxylation is 2. The molecule has 4 nitrogen and oxygen atoms in total. The molecule has 0 aliphatic heterocycles. The number of nitrogens with zero attached hydrogens (tertiary/aromatic N) is 1. The van der Waals surface area contributed by atoms with E-state index in [9.17, 15) is 10.1 Å². The zero-order valence-electron chi connectivity index (χ0n) is 10.6. The highest BCUT2D eigenvalue weighted by atomic mass is 32.1. The van der Waals surface area contributed by atoms with Gasteiger partial charge in [0.15, 0.2) is 5.75 Å². The van der Waals surface area contributed by atoms with E-state index in [1.165, 1.54) is 0 Å². The van der Waals surface area contributed by atoms with Crippen LogP contribution in [0.2, 0.25) is 0 Å². The summed E-state index contributed by atoms with van der Waals surface area (Å²) in [5.74, 6) is 1.17. The van der Waals surface area contributed by atoms with Crippen molar-refractivity contribution in [3.63, 3.8) is 0 Å².